The lowest BCUT2D eigenvalue weighted by Crippen LogP contribution is -2.25. The highest BCUT2D eigenvalue weighted by molar-refractivity contribution is 6.34. The van der Waals surface area contributed by atoms with Crippen molar-refractivity contribution in [2.75, 3.05) is 6.61 Å². The van der Waals surface area contributed by atoms with E-state index in [1.54, 1.807) is 6.92 Å². The Morgan fingerprint density at radius 1 is 1.35 bits per heavy atom. The molecule has 0 spiro atoms. The van der Waals surface area contributed by atoms with Crippen LogP contribution >= 0.6 is 0 Å². The van der Waals surface area contributed by atoms with Crippen molar-refractivity contribution in [3.8, 4) is 0 Å². The summed E-state index contributed by atoms with van der Waals surface area (Å²) in [5.74, 6) is -1.37. The minimum Gasteiger partial charge on any atom is -0.460 e. The summed E-state index contributed by atoms with van der Waals surface area (Å²) < 4.78 is 4.62. The van der Waals surface area contributed by atoms with Gasteiger partial charge in [-0.05, 0) is 24.8 Å². The molecule has 0 fully saturated rings. The lowest BCUT2D eigenvalue weighted by Gasteiger charge is -2.28. The molecule has 0 atom stereocenters. The Hall–Kier alpha value is -1.45. The number of hydrogen-bond donors (Lipinski definition) is 0. The molecule has 0 bridgehead atoms. The summed E-state index contributed by atoms with van der Waals surface area (Å²) in [5.41, 5.74) is 0.597. The van der Waals surface area contributed by atoms with E-state index in [9.17, 15) is 14.4 Å². The molecule has 0 amide bonds. The summed E-state index contributed by atoms with van der Waals surface area (Å²) >= 11 is 0. The van der Waals surface area contributed by atoms with Crippen molar-refractivity contribution in [3.05, 3.63) is 11.6 Å². The van der Waals surface area contributed by atoms with Crippen molar-refractivity contribution in [2.45, 2.75) is 40.0 Å². The summed E-state index contributed by atoms with van der Waals surface area (Å²) in [6.07, 6.45) is 2.64. The van der Waals surface area contributed by atoms with Gasteiger partial charge in [-0.25, -0.2) is 4.79 Å². The van der Waals surface area contributed by atoms with Gasteiger partial charge in [0.1, 0.15) is 0 Å². The monoisotopic (exact) mass is 238 g/mol. The predicted molar refractivity (Wildman–Crippen MR) is 62.4 cm³/mol. The highest BCUT2D eigenvalue weighted by atomic mass is 16.5. The number of ether oxygens (including phenoxy) is 1. The molecule has 94 valence electrons. The van der Waals surface area contributed by atoms with Crippen LogP contribution in [0.1, 0.15) is 40.0 Å². The van der Waals surface area contributed by atoms with Gasteiger partial charge in [-0.1, -0.05) is 19.4 Å². The molecule has 0 saturated carbocycles. The van der Waals surface area contributed by atoms with Crippen LogP contribution in [0.15, 0.2) is 11.6 Å². The zero-order chi connectivity index (χ0) is 13.1. The Labute approximate surface area is 101 Å². The Morgan fingerprint density at radius 3 is 2.53 bits per heavy atom. The molecule has 17 heavy (non-hydrogen) atoms. The second-order valence-electron chi connectivity index (χ2n) is 5.11. The van der Waals surface area contributed by atoms with Crippen LogP contribution in [-0.2, 0) is 19.1 Å². The zero-order valence-corrected chi connectivity index (χ0v) is 10.5. The first-order chi connectivity index (χ1) is 7.84. The molecule has 0 heterocycles. The van der Waals surface area contributed by atoms with E-state index in [2.05, 4.69) is 4.74 Å². The van der Waals surface area contributed by atoms with Gasteiger partial charge in [-0.3, -0.25) is 9.59 Å². The van der Waals surface area contributed by atoms with Crippen molar-refractivity contribution in [1.82, 2.24) is 0 Å². The van der Waals surface area contributed by atoms with Crippen molar-refractivity contribution in [1.29, 1.82) is 0 Å². The number of carbonyl (C=O) groups is 3. The molecule has 1 aliphatic carbocycles. The molecular formula is C13H18O4. The molecule has 0 N–H and O–H groups in total. The van der Waals surface area contributed by atoms with Gasteiger partial charge in [0.05, 0.1) is 6.61 Å². The van der Waals surface area contributed by atoms with Crippen LogP contribution in [0.4, 0.5) is 0 Å². The van der Waals surface area contributed by atoms with Crippen molar-refractivity contribution >= 4 is 17.5 Å². The van der Waals surface area contributed by atoms with Crippen LogP contribution in [0.5, 0.6) is 0 Å². The van der Waals surface area contributed by atoms with Gasteiger partial charge >= 0.3 is 5.97 Å². The van der Waals surface area contributed by atoms with Crippen molar-refractivity contribution in [3.63, 3.8) is 0 Å². The molecule has 1 aliphatic rings. The van der Waals surface area contributed by atoms with Gasteiger partial charge in [0.25, 0.3) is 0 Å². The Morgan fingerprint density at radius 2 is 2.00 bits per heavy atom. The molecule has 1 rings (SSSR count). The number of hydrogen-bond acceptors (Lipinski definition) is 4. The van der Waals surface area contributed by atoms with Crippen molar-refractivity contribution in [2.24, 2.45) is 5.41 Å². The van der Waals surface area contributed by atoms with Gasteiger partial charge in [-0.2, -0.15) is 0 Å². The quantitative estimate of drug-likeness (QED) is 0.553. The Kier molecular flexibility index (Phi) is 4.21. The van der Waals surface area contributed by atoms with Gasteiger partial charge in [-0.15, -0.1) is 0 Å². The van der Waals surface area contributed by atoms with E-state index in [4.69, 9.17) is 0 Å². The maximum absolute atomic E-state index is 11.5. The Balaban J connectivity index is 2.66. The largest absolute Gasteiger partial charge is 0.460 e. The lowest BCUT2D eigenvalue weighted by atomic mass is 9.76. The third-order valence-electron chi connectivity index (χ3n) is 2.61. The Bertz CT molecular complexity index is 377. The first-order valence-electron chi connectivity index (χ1n) is 5.76. The molecule has 0 saturated heterocycles. The average molecular weight is 238 g/mol. The minimum atomic E-state index is -0.816. The molecule has 0 unspecified atom stereocenters. The first-order valence-corrected chi connectivity index (χ1v) is 5.76. The van der Waals surface area contributed by atoms with E-state index in [1.165, 1.54) is 6.08 Å². The fraction of sp³-hybridized carbons (Fsp3) is 0.615. The third-order valence-corrected chi connectivity index (χ3v) is 2.61. The number of rotatable bonds is 4. The van der Waals surface area contributed by atoms with Crippen LogP contribution in [0.3, 0.4) is 0 Å². The van der Waals surface area contributed by atoms with Crippen LogP contribution in [0.25, 0.3) is 0 Å². The fourth-order valence-electron chi connectivity index (χ4n) is 2.08. The van der Waals surface area contributed by atoms with Gasteiger partial charge < -0.3 is 4.74 Å². The van der Waals surface area contributed by atoms with E-state index < -0.39 is 11.8 Å². The number of esters is 1. The van der Waals surface area contributed by atoms with E-state index >= 15 is 0 Å². The van der Waals surface area contributed by atoms with Crippen LogP contribution in [0.2, 0.25) is 0 Å². The van der Waals surface area contributed by atoms with E-state index in [-0.39, 0.29) is 24.2 Å². The highest BCUT2D eigenvalue weighted by Gasteiger charge is 2.29. The van der Waals surface area contributed by atoms with E-state index in [0.29, 0.717) is 12.8 Å². The average Bonchev–Trinajstić information content (AvgIpc) is 2.14. The van der Waals surface area contributed by atoms with Crippen LogP contribution in [-0.4, -0.2) is 24.1 Å². The lowest BCUT2D eigenvalue weighted by molar-refractivity contribution is -0.153. The van der Waals surface area contributed by atoms with Gasteiger partial charge in [0, 0.05) is 12.8 Å². The maximum Gasteiger partial charge on any atom is 0.374 e. The summed E-state index contributed by atoms with van der Waals surface area (Å²) in [6.45, 7) is 5.80. The van der Waals surface area contributed by atoms with Crippen molar-refractivity contribution < 1.29 is 19.1 Å². The summed E-state index contributed by atoms with van der Waals surface area (Å²) in [7, 11) is 0. The molecule has 0 aromatic heterocycles. The molecule has 4 nitrogen and oxygen atoms in total. The summed E-state index contributed by atoms with van der Waals surface area (Å²) in [6, 6.07) is 0. The number of Topliss-reactive ketones (excluding diaryl/α,β-unsaturated/α-hetero) is 1. The zero-order valence-electron chi connectivity index (χ0n) is 10.5. The number of allylic oxidation sites excluding steroid dienone is 2. The maximum atomic E-state index is 11.5. The second-order valence-corrected chi connectivity index (χ2v) is 5.11. The summed E-state index contributed by atoms with van der Waals surface area (Å²) in [5, 5.41) is 0. The van der Waals surface area contributed by atoms with E-state index in [0.717, 1.165) is 5.57 Å². The standard InChI is InChI=1S/C13H18O4/c1-4-17-12(16)11(15)6-9-5-10(14)8-13(2,3)7-9/h5H,4,6-8H2,1-3H3. The molecule has 0 radical (unpaired) electrons. The van der Waals surface area contributed by atoms with Gasteiger partial charge in [0.15, 0.2) is 5.78 Å². The number of ketones is 2. The topological polar surface area (TPSA) is 60.4 Å². The number of carbonyl (C=O) groups excluding carboxylic acids is 3. The molecular weight excluding hydrogens is 220 g/mol. The predicted octanol–water partition coefficient (Wildman–Crippen LogP) is 1.82. The smallest absolute Gasteiger partial charge is 0.374 e. The first kappa shape index (κ1) is 13.6. The molecule has 0 aliphatic heterocycles. The SMILES string of the molecule is CCOC(=O)C(=O)CC1=CC(=O)CC(C)(C)C1. The fourth-order valence-corrected chi connectivity index (χ4v) is 2.08. The molecule has 0 aromatic carbocycles. The van der Waals surface area contributed by atoms with E-state index in [1.807, 2.05) is 13.8 Å². The molecule has 4 heteroatoms. The third kappa shape index (κ3) is 4.13. The molecule has 0 aromatic rings. The van der Waals surface area contributed by atoms with Crippen LogP contribution in [0, 0.1) is 5.41 Å². The highest BCUT2D eigenvalue weighted by Crippen LogP contribution is 2.34. The second kappa shape index (κ2) is 5.25. The van der Waals surface area contributed by atoms with Gasteiger partial charge in [0.2, 0.25) is 5.78 Å². The summed E-state index contributed by atoms with van der Waals surface area (Å²) in [4.78, 5) is 34.1. The normalized spacial score (nSPS) is 18.5. The van der Waals surface area contributed by atoms with Crippen LogP contribution < -0.4 is 0 Å². The minimum absolute atomic E-state index is 0.00595.